The number of rotatable bonds is 5. The molecule has 2 aromatic rings. The van der Waals surface area contributed by atoms with Crippen molar-refractivity contribution in [1.29, 1.82) is 0 Å². The van der Waals surface area contributed by atoms with E-state index in [2.05, 4.69) is 15.3 Å². The van der Waals surface area contributed by atoms with E-state index in [9.17, 15) is 13.6 Å². The lowest BCUT2D eigenvalue weighted by atomic mass is 10.1. The molecule has 1 heterocycles. The van der Waals surface area contributed by atoms with Crippen LogP contribution in [0.2, 0.25) is 0 Å². The summed E-state index contributed by atoms with van der Waals surface area (Å²) in [6.45, 7) is 1.94. The van der Waals surface area contributed by atoms with E-state index < -0.39 is 12.5 Å². The van der Waals surface area contributed by atoms with Crippen molar-refractivity contribution >= 4 is 22.6 Å². The number of hydrogen-bond donors (Lipinski definition) is 3. The van der Waals surface area contributed by atoms with E-state index >= 15 is 0 Å². The van der Waals surface area contributed by atoms with Crippen molar-refractivity contribution in [1.82, 2.24) is 9.97 Å². The molecular formula is C13H16F2N4O. The van der Waals surface area contributed by atoms with E-state index in [0.29, 0.717) is 23.1 Å². The Hall–Kier alpha value is -2.02. The molecule has 0 aliphatic rings. The first kappa shape index (κ1) is 14.4. The molecule has 1 aromatic carbocycles. The van der Waals surface area contributed by atoms with E-state index in [0.717, 1.165) is 6.42 Å². The predicted molar refractivity (Wildman–Crippen MR) is 72.6 cm³/mol. The number of imidazole rings is 1. The summed E-state index contributed by atoms with van der Waals surface area (Å²) >= 11 is 0. The average molecular weight is 282 g/mol. The number of halogens is 2. The molecular weight excluding hydrogens is 266 g/mol. The molecule has 4 N–H and O–H groups in total. The summed E-state index contributed by atoms with van der Waals surface area (Å²) in [7, 11) is 0. The summed E-state index contributed by atoms with van der Waals surface area (Å²) in [6.07, 6.45) is -1.25. The Morgan fingerprint density at radius 2 is 2.25 bits per heavy atom. The van der Waals surface area contributed by atoms with Gasteiger partial charge in [0.15, 0.2) is 5.82 Å². The lowest BCUT2D eigenvalue weighted by molar-refractivity contribution is -0.117. The quantitative estimate of drug-likeness (QED) is 0.788. The number of benzene rings is 1. The second-order valence-corrected chi connectivity index (χ2v) is 4.54. The van der Waals surface area contributed by atoms with E-state index in [1.165, 1.54) is 0 Å². The van der Waals surface area contributed by atoms with Gasteiger partial charge in [0.1, 0.15) is 0 Å². The monoisotopic (exact) mass is 282 g/mol. The Bertz CT molecular complexity index is 611. The molecule has 1 unspecified atom stereocenters. The minimum Gasteiger partial charge on any atom is -0.337 e. The summed E-state index contributed by atoms with van der Waals surface area (Å²) in [6, 6.07) is 4.16. The zero-order valence-electron chi connectivity index (χ0n) is 11.0. The Balaban J connectivity index is 2.17. The maximum absolute atomic E-state index is 12.5. The molecule has 0 aliphatic heterocycles. The maximum Gasteiger partial charge on any atom is 0.295 e. The van der Waals surface area contributed by atoms with Crippen molar-refractivity contribution in [2.24, 2.45) is 5.73 Å². The van der Waals surface area contributed by atoms with Gasteiger partial charge in [-0.3, -0.25) is 4.79 Å². The molecule has 0 saturated heterocycles. The molecule has 20 heavy (non-hydrogen) atoms. The highest BCUT2D eigenvalue weighted by Gasteiger charge is 2.15. The third kappa shape index (κ3) is 3.11. The highest BCUT2D eigenvalue weighted by Crippen LogP contribution is 2.22. The Morgan fingerprint density at radius 1 is 1.50 bits per heavy atom. The molecule has 108 valence electrons. The van der Waals surface area contributed by atoms with Gasteiger partial charge in [-0.1, -0.05) is 13.3 Å². The van der Waals surface area contributed by atoms with Crippen molar-refractivity contribution in [2.75, 3.05) is 5.32 Å². The third-order valence-electron chi connectivity index (χ3n) is 2.91. The first-order valence-corrected chi connectivity index (χ1v) is 6.35. The minimum absolute atomic E-state index is 0.292. The zero-order chi connectivity index (χ0) is 14.7. The van der Waals surface area contributed by atoms with E-state index in [1.54, 1.807) is 18.2 Å². The highest BCUT2D eigenvalue weighted by molar-refractivity contribution is 5.96. The van der Waals surface area contributed by atoms with Crippen molar-refractivity contribution in [3.05, 3.63) is 24.0 Å². The van der Waals surface area contributed by atoms with Crippen LogP contribution in [-0.2, 0) is 4.79 Å². The predicted octanol–water partition coefficient (Wildman–Crippen LogP) is 2.57. The van der Waals surface area contributed by atoms with Crippen LogP contribution in [-0.4, -0.2) is 21.9 Å². The summed E-state index contributed by atoms with van der Waals surface area (Å²) in [5.41, 5.74) is 7.07. The number of alkyl halides is 2. The van der Waals surface area contributed by atoms with Crippen molar-refractivity contribution < 1.29 is 13.6 Å². The smallest absolute Gasteiger partial charge is 0.295 e. The van der Waals surface area contributed by atoms with Gasteiger partial charge < -0.3 is 16.0 Å². The Morgan fingerprint density at radius 3 is 2.90 bits per heavy atom. The number of carbonyl (C=O) groups excluding carboxylic acids is 1. The summed E-state index contributed by atoms with van der Waals surface area (Å²) in [5.74, 6) is -0.675. The molecule has 1 aromatic heterocycles. The highest BCUT2D eigenvalue weighted by atomic mass is 19.3. The lowest BCUT2D eigenvalue weighted by Crippen LogP contribution is -2.35. The average Bonchev–Trinajstić information content (AvgIpc) is 2.82. The number of nitrogens with zero attached hydrogens (tertiary/aromatic N) is 1. The molecule has 2 rings (SSSR count). The summed E-state index contributed by atoms with van der Waals surface area (Å²) in [4.78, 5) is 18.0. The fourth-order valence-electron chi connectivity index (χ4n) is 1.89. The number of amides is 1. The van der Waals surface area contributed by atoms with Gasteiger partial charge in [-0.2, -0.15) is 0 Å². The van der Waals surface area contributed by atoms with Crippen LogP contribution in [0.1, 0.15) is 32.0 Å². The molecule has 0 fully saturated rings. The van der Waals surface area contributed by atoms with Crippen LogP contribution in [0, 0.1) is 0 Å². The van der Waals surface area contributed by atoms with Crippen LogP contribution in [0.5, 0.6) is 0 Å². The normalized spacial score (nSPS) is 12.8. The number of anilines is 1. The number of H-pyrrole nitrogens is 1. The fourth-order valence-corrected chi connectivity index (χ4v) is 1.89. The summed E-state index contributed by atoms with van der Waals surface area (Å²) < 4.78 is 25.1. The largest absolute Gasteiger partial charge is 0.337 e. The van der Waals surface area contributed by atoms with Gasteiger partial charge in [0, 0.05) is 5.69 Å². The van der Waals surface area contributed by atoms with Gasteiger partial charge in [-0.15, -0.1) is 0 Å². The van der Waals surface area contributed by atoms with Gasteiger partial charge in [0.05, 0.1) is 17.1 Å². The SMILES string of the molecule is CCCC(N)C(=O)Nc1ccc2nc(C(F)F)[nH]c2c1. The Kier molecular flexibility index (Phi) is 4.29. The first-order chi connectivity index (χ1) is 9.51. The van der Waals surface area contributed by atoms with E-state index in [4.69, 9.17) is 5.73 Å². The van der Waals surface area contributed by atoms with Gasteiger partial charge in [-0.25, -0.2) is 13.8 Å². The zero-order valence-corrected chi connectivity index (χ0v) is 11.0. The Labute approximate surface area is 114 Å². The molecule has 0 bridgehead atoms. The van der Waals surface area contributed by atoms with E-state index in [1.807, 2.05) is 6.92 Å². The van der Waals surface area contributed by atoms with Gasteiger partial charge in [-0.05, 0) is 24.6 Å². The lowest BCUT2D eigenvalue weighted by Gasteiger charge is -2.10. The molecule has 0 saturated carbocycles. The second kappa shape index (κ2) is 5.96. The van der Waals surface area contributed by atoms with Crippen molar-refractivity contribution in [2.45, 2.75) is 32.2 Å². The molecule has 0 spiro atoms. The van der Waals surface area contributed by atoms with Crippen LogP contribution in [0.25, 0.3) is 11.0 Å². The topological polar surface area (TPSA) is 83.8 Å². The summed E-state index contributed by atoms with van der Waals surface area (Å²) in [5, 5.41) is 2.66. The molecule has 1 amide bonds. The van der Waals surface area contributed by atoms with Crippen LogP contribution in [0.4, 0.5) is 14.5 Å². The number of fused-ring (bicyclic) bond motifs is 1. The molecule has 7 heteroatoms. The number of carbonyl (C=O) groups is 1. The van der Waals surface area contributed by atoms with Crippen molar-refractivity contribution in [3.63, 3.8) is 0 Å². The fraction of sp³-hybridized carbons (Fsp3) is 0.385. The molecule has 0 radical (unpaired) electrons. The minimum atomic E-state index is -2.65. The van der Waals surface area contributed by atoms with Crippen LogP contribution >= 0.6 is 0 Å². The van der Waals surface area contributed by atoms with E-state index in [-0.39, 0.29) is 11.7 Å². The number of nitrogens with two attached hydrogens (primary N) is 1. The van der Waals surface area contributed by atoms with Gasteiger partial charge in [0.25, 0.3) is 6.43 Å². The molecule has 1 atom stereocenters. The molecule has 0 aliphatic carbocycles. The van der Waals surface area contributed by atoms with Crippen LogP contribution < -0.4 is 11.1 Å². The van der Waals surface area contributed by atoms with Crippen molar-refractivity contribution in [3.8, 4) is 0 Å². The third-order valence-corrected chi connectivity index (χ3v) is 2.91. The number of aromatic nitrogens is 2. The van der Waals surface area contributed by atoms with Crippen LogP contribution in [0.15, 0.2) is 18.2 Å². The number of hydrogen-bond acceptors (Lipinski definition) is 3. The maximum atomic E-state index is 12.5. The second-order valence-electron chi connectivity index (χ2n) is 4.54. The number of nitrogens with one attached hydrogen (secondary N) is 2. The molecule has 5 nitrogen and oxygen atoms in total. The van der Waals surface area contributed by atoms with Crippen LogP contribution in [0.3, 0.4) is 0 Å². The van der Waals surface area contributed by atoms with Gasteiger partial charge >= 0.3 is 0 Å². The van der Waals surface area contributed by atoms with Gasteiger partial charge in [0.2, 0.25) is 5.91 Å². The standard InChI is InChI=1S/C13H16F2N4O/c1-2-3-8(16)13(20)17-7-4-5-9-10(6-7)19-12(18-9)11(14)15/h4-6,8,11H,2-3,16H2,1H3,(H,17,20)(H,18,19). The number of aromatic amines is 1. The first-order valence-electron chi connectivity index (χ1n) is 6.35.